The Hall–Kier alpha value is -1.60. The van der Waals surface area contributed by atoms with E-state index in [0.717, 1.165) is 29.3 Å². The quantitative estimate of drug-likeness (QED) is 0.755. The van der Waals surface area contributed by atoms with Gasteiger partial charge in [-0.25, -0.2) is 4.79 Å². The highest BCUT2D eigenvalue weighted by Gasteiger charge is 2.47. The first-order chi connectivity index (χ1) is 10.8. The van der Waals surface area contributed by atoms with E-state index in [0.29, 0.717) is 12.8 Å². The van der Waals surface area contributed by atoms with Crippen LogP contribution in [0.1, 0.15) is 56.5 Å². The lowest BCUT2D eigenvalue weighted by molar-refractivity contribution is -0.298. The number of piperidine rings is 1. The minimum Gasteiger partial charge on any atom is -0.459 e. The van der Waals surface area contributed by atoms with E-state index in [-0.39, 0.29) is 5.56 Å². The van der Waals surface area contributed by atoms with Gasteiger partial charge in [-0.1, -0.05) is 0 Å². The van der Waals surface area contributed by atoms with Crippen LogP contribution in [-0.4, -0.2) is 28.2 Å². The highest BCUT2D eigenvalue weighted by molar-refractivity contribution is 5.89. The summed E-state index contributed by atoms with van der Waals surface area (Å²) >= 11 is 0. The first-order valence-electron chi connectivity index (χ1n) is 7.69. The molecule has 1 radical (unpaired) electrons. The highest BCUT2D eigenvalue weighted by atomic mass is 19.4. The van der Waals surface area contributed by atoms with Gasteiger partial charge in [0, 0.05) is 23.9 Å². The Morgan fingerprint density at radius 3 is 1.96 bits per heavy atom. The minimum atomic E-state index is -4.45. The van der Waals surface area contributed by atoms with Gasteiger partial charge in [-0.2, -0.15) is 13.2 Å². The number of rotatable bonds is 2. The fraction of sp³-hybridized carbons (Fsp3) is 0.588. The molecule has 1 aliphatic heterocycles. The average Bonchev–Trinajstić information content (AvgIpc) is 2.43. The zero-order chi connectivity index (χ0) is 18.3. The zero-order valence-electron chi connectivity index (χ0n) is 14.1. The standard InChI is InChI=1S/C17H21F3NO3/c1-15(2)9-13(10-16(3,4)21(15)23)24-14(22)11-5-7-12(8-6-11)17(18,19)20/h5-8,13H,9-10H2,1-4H3. The summed E-state index contributed by atoms with van der Waals surface area (Å²) in [7, 11) is 0. The van der Waals surface area contributed by atoms with Crippen molar-refractivity contribution >= 4 is 5.97 Å². The van der Waals surface area contributed by atoms with Gasteiger partial charge in [-0.05, 0) is 52.0 Å². The molecule has 1 aliphatic rings. The number of carbonyl (C=O) groups is 1. The molecule has 0 saturated carbocycles. The Bertz CT molecular complexity index is 591. The lowest BCUT2D eigenvalue weighted by Crippen LogP contribution is -2.60. The van der Waals surface area contributed by atoms with Crippen molar-refractivity contribution in [3.8, 4) is 0 Å². The van der Waals surface area contributed by atoms with Crippen LogP contribution in [0.3, 0.4) is 0 Å². The molecule has 1 fully saturated rings. The number of benzene rings is 1. The van der Waals surface area contributed by atoms with E-state index in [1.54, 1.807) is 27.7 Å². The summed E-state index contributed by atoms with van der Waals surface area (Å²) in [5.74, 6) is -0.681. The number of nitrogens with zero attached hydrogens (tertiary/aromatic N) is 1. The molecule has 0 atom stereocenters. The molecule has 24 heavy (non-hydrogen) atoms. The summed E-state index contributed by atoms with van der Waals surface area (Å²) in [4.78, 5) is 12.2. The Labute approximate surface area is 139 Å². The average molecular weight is 344 g/mol. The number of hydrogen-bond donors (Lipinski definition) is 0. The van der Waals surface area contributed by atoms with Gasteiger partial charge in [0.2, 0.25) is 0 Å². The van der Waals surface area contributed by atoms with Gasteiger partial charge in [0.15, 0.2) is 0 Å². The van der Waals surface area contributed by atoms with E-state index in [9.17, 15) is 23.2 Å². The highest BCUT2D eigenvalue weighted by Crippen LogP contribution is 2.38. The summed E-state index contributed by atoms with van der Waals surface area (Å²) < 4.78 is 43.1. The number of ether oxygens (including phenoxy) is 1. The topological polar surface area (TPSA) is 49.4 Å². The first-order valence-corrected chi connectivity index (χ1v) is 7.69. The van der Waals surface area contributed by atoms with Crippen molar-refractivity contribution in [1.29, 1.82) is 0 Å². The van der Waals surface area contributed by atoms with Crippen molar-refractivity contribution in [1.82, 2.24) is 5.06 Å². The molecule has 0 amide bonds. The van der Waals surface area contributed by atoms with Crippen LogP contribution >= 0.6 is 0 Å². The number of esters is 1. The smallest absolute Gasteiger partial charge is 0.416 e. The van der Waals surface area contributed by atoms with Gasteiger partial charge >= 0.3 is 12.1 Å². The van der Waals surface area contributed by atoms with Crippen molar-refractivity contribution < 1.29 is 27.9 Å². The van der Waals surface area contributed by atoms with Gasteiger partial charge in [0.05, 0.1) is 11.1 Å². The SMILES string of the molecule is CC1(C)CC(OC(=O)c2ccc(C(F)(F)F)cc2)CC(C)(C)N1[O]. The Balaban J connectivity index is 2.10. The summed E-state index contributed by atoms with van der Waals surface area (Å²) in [6.45, 7) is 7.11. The fourth-order valence-corrected chi connectivity index (χ4v) is 3.27. The van der Waals surface area contributed by atoms with Crippen LogP contribution in [0.5, 0.6) is 0 Å². The molecule has 1 saturated heterocycles. The molecule has 0 N–H and O–H groups in total. The second-order valence-corrected chi connectivity index (χ2v) is 7.43. The number of hydrogen-bond acceptors (Lipinski definition) is 3. The molecular weight excluding hydrogens is 323 g/mol. The van der Waals surface area contributed by atoms with Crippen LogP contribution in [-0.2, 0) is 16.1 Å². The van der Waals surface area contributed by atoms with E-state index >= 15 is 0 Å². The maximum atomic E-state index is 12.6. The third kappa shape index (κ3) is 3.89. The molecule has 1 aromatic rings. The number of carbonyl (C=O) groups excluding carboxylic acids is 1. The second kappa shape index (κ2) is 6.04. The molecule has 133 valence electrons. The number of hydroxylamine groups is 2. The minimum absolute atomic E-state index is 0.0585. The van der Waals surface area contributed by atoms with Crippen molar-refractivity contribution in [3.63, 3.8) is 0 Å². The first kappa shape index (κ1) is 18.7. The molecule has 7 heteroatoms. The van der Waals surface area contributed by atoms with Crippen molar-refractivity contribution in [3.05, 3.63) is 35.4 Å². The van der Waals surface area contributed by atoms with Crippen LogP contribution in [0.25, 0.3) is 0 Å². The molecule has 0 unspecified atom stereocenters. The Morgan fingerprint density at radius 2 is 1.54 bits per heavy atom. The maximum Gasteiger partial charge on any atom is 0.416 e. The van der Waals surface area contributed by atoms with Crippen LogP contribution in [0.4, 0.5) is 13.2 Å². The van der Waals surface area contributed by atoms with Crippen LogP contribution in [0, 0.1) is 0 Å². The Morgan fingerprint density at radius 1 is 1.08 bits per heavy atom. The molecular formula is C17H21F3NO3. The fourth-order valence-electron chi connectivity index (χ4n) is 3.27. The number of alkyl halides is 3. The second-order valence-electron chi connectivity index (χ2n) is 7.43. The molecule has 4 nitrogen and oxygen atoms in total. The molecule has 0 spiro atoms. The molecule has 1 heterocycles. The van der Waals surface area contributed by atoms with Gasteiger partial charge in [0.1, 0.15) is 6.10 Å². The summed E-state index contributed by atoms with van der Waals surface area (Å²) in [6, 6.07) is 3.91. The predicted octanol–water partition coefficient (Wildman–Crippen LogP) is 4.23. The summed E-state index contributed by atoms with van der Waals surface area (Å²) in [5, 5.41) is 13.3. The van der Waals surface area contributed by atoms with E-state index in [4.69, 9.17) is 4.74 Å². The summed E-state index contributed by atoms with van der Waals surface area (Å²) in [5.41, 5.74) is -2.14. The van der Waals surface area contributed by atoms with Crippen LogP contribution < -0.4 is 0 Å². The molecule has 0 aromatic heterocycles. The molecule has 1 aromatic carbocycles. The normalized spacial score (nSPS) is 21.5. The van der Waals surface area contributed by atoms with E-state index in [2.05, 4.69) is 0 Å². The van der Waals surface area contributed by atoms with E-state index in [1.807, 2.05) is 0 Å². The van der Waals surface area contributed by atoms with Crippen LogP contribution in [0.15, 0.2) is 24.3 Å². The molecule has 0 bridgehead atoms. The van der Waals surface area contributed by atoms with Gasteiger partial charge in [-0.3, -0.25) is 0 Å². The molecule has 2 rings (SSSR count). The molecule has 0 aliphatic carbocycles. The van der Waals surface area contributed by atoms with Crippen molar-refractivity contribution in [2.45, 2.75) is 63.9 Å². The van der Waals surface area contributed by atoms with Crippen molar-refractivity contribution in [2.75, 3.05) is 0 Å². The Kier molecular flexibility index (Phi) is 4.71. The predicted molar refractivity (Wildman–Crippen MR) is 80.6 cm³/mol. The third-order valence-electron chi connectivity index (χ3n) is 4.28. The van der Waals surface area contributed by atoms with Gasteiger partial charge in [0.25, 0.3) is 0 Å². The largest absolute Gasteiger partial charge is 0.459 e. The number of halogens is 3. The van der Waals surface area contributed by atoms with Crippen molar-refractivity contribution in [2.24, 2.45) is 0 Å². The monoisotopic (exact) mass is 344 g/mol. The lowest BCUT2D eigenvalue weighted by Gasteiger charge is -2.49. The van der Waals surface area contributed by atoms with E-state index in [1.165, 1.54) is 0 Å². The van der Waals surface area contributed by atoms with Crippen LogP contribution in [0.2, 0.25) is 0 Å². The van der Waals surface area contributed by atoms with Gasteiger partial charge in [-0.15, -0.1) is 10.3 Å². The zero-order valence-corrected chi connectivity index (χ0v) is 14.1. The summed E-state index contributed by atoms with van der Waals surface area (Å²) in [6.07, 6.45) is -4.18. The van der Waals surface area contributed by atoms with Gasteiger partial charge < -0.3 is 4.74 Å². The maximum absolute atomic E-state index is 12.6. The van der Waals surface area contributed by atoms with E-state index < -0.39 is 34.9 Å². The lowest BCUT2D eigenvalue weighted by atomic mass is 9.80. The third-order valence-corrected chi connectivity index (χ3v) is 4.28.